The number of nitrogens with zero attached hydrogens (tertiary/aromatic N) is 1. The normalized spacial score (nSPS) is 21.0. The van der Waals surface area contributed by atoms with Gasteiger partial charge in [0.15, 0.2) is 0 Å². The summed E-state index contributed by atoms with van der Waals surface area (Å²) < 4.78 is 13.3. The van der Waals surface area contributed by atoms with Gasteiger partial charge in [0.05, 0.1) is 0 Å². The predicted octanol–water partition coefficient (Wildman–Crippen LogP) is 2.57. The van der Waals surface area contributed by atoms with Crippen LogP contribution in [-0.4, -0.2) is 25.7 Å². The lowest BCUT2D eigenvalue weighted by Gasteiger charge is -2.40. The van der Waals surface area contributed by atoms with Gasteiger partial charge in [0.1, 0.15) is 5.82 Å². The number of aryl methyl sites for hydroxylation is 1. The molecule has 1 aliphatic heterocycles. The van der Waals surface area contributed by atoms with Gasteiger partial charge < -0.3 is 10.2 Å². The van der Waals surface area contributed by atoms with Gasteiger partial charge in [-0.05, 0) is 36.6 Å². The van der Waals surface area contributed by atoms with Crippen LogP contribution in [0.1, 0.15) is 19.4 Å². The molecule has 1 aromatic carbocycles. The van der Waals surface area contributed by atoms with Crippen LogP contribution in [0.2, 0.25) is 0 Å². The molecule has 1 aromatic rings. The standard InChI is InChI=1S/C14H21FN2/c1-10(2)14-9-16-6-7-17(14)12-4-5-13(15)11(3)8-12/h4-5,8,10,14,16H,6-7,9H2,1-3H3. The fourth-order valence-electron chi connectivity index (χ4n) is 2.45. The van der Waals surface area contributed by atoms with E-state index in [9.17, 15) is 4.39 Å². The molecule has 1 fully saturated rings. The van der Waals surface area contributed by atoms with Gasteiger partial charge in [0.25, 0.3) is 0 Å². The number of anilines is 1. The largest absolute Gasteiger partial charge is 0.366 e. The summed E-state index contributed by atoms with van der Waals surface area (Å²) in [6.07, 6.45) is 0. The van der Waals surface area contributed by atoms with E-state index in [1.165, 1.54) is 0 Å². The van der Waals surface area contributed by atoms with E-state index in [1.54, 1.807) is 6.07 Å². The van der Waals surface area contributed by atoms with E-state index in [-0.39, 0.29) is 5.82 Å². The third-order valence-corrected chi connectivity index (χ3v) is 3.53. The van der Waals surface area contributed by atoms with Crippen molar-refractivity contribution in [2.24, 2.45) is 5.92 Å². The van der Waals surface area contributed by atoms with Crippen molar-refractivity contribution >= 4 is 5.69 Å². The minimum Gasteiger partial charge on any atom is -0.366 e. The highest BCUT2D eigenvalue weighted by atomic mass is 19.1. The van der Waals surface area contributed by atoms with Crippen LogP contribution >= 0.6 is 0 Å². The molecule has 2 nitrogen and oxygen atoms in total. The second-order valence-electron chi connectivity index (χ2n) is 5.14. The molecule has 1 unspecified atom stereocenters. The van der Waals surface area contributed by atoms with Crippen LogP contribution in [0.15, 0.2) is 18.2 Å². The zero-order valence-corrected chi connectivity index (χ0v) is 10.8. The van der Waals surface area contributed by atoms with Crippen LogP contribution in [0.4, 0.5) is 10.1 Å². The zero-order chi connectivity index (χ0) is 12.4. The van der Waals surface area contributed by atoms with Gasteiger partial charge >= 0.3 is 0 Å². The first-order valence-electron chi connectivity index (χ1n) is 6.33. The monoisotopic (exact) mass is 236 g/mol. The highest BCUT2D eigenvalue weighted by molar-refractivity contribution is 5.50. The van der Waals surface area contributed by atoms with Crippen molar-refractivity contribution in [3.8, 4) is 0 Å². The molecule has 94 valence electrons. The third kappa shape index (κ3) is 2.60. The van der Waals surface area contributed by atoms with Gasteiger partial charge in [0.2, 0.25) is 0 Å². The molecule has 0 saturated carbocycles. The van der Waals surface area contributed by atoms with Crippen LogP contribution in [0.3, 0.4) is 0 Å². The average Bonchev–Trinajstić information content (AvgIpc) is 2.32. The molecular weight excluding hydrogens is 215 g/mol. The average molecular weight is 236 g/mol. The Morgan fingerprint density at radius 2 is 2.18 bits per heavy atom. The van der Waals surface area contributed by atoms with Gasteiger partial charge in [0, 0.05) is 31.4 Å². The summed E-state index contributed by atoms with van der Waals surface area (Å²) in [5.74, 6) is 0.471. The molecule has 0 bridgehead atoms. The smallest absolute Gasteiger partial charge is 0.126 e. The molecule has 1 aliphatic rings. The van der Waals surface area contributed by atoms with Crippen molar-refractivity contribution in [1.29, 1.82) is 0 Å². The number of piperazine rings is 1. The van der Waals surface area contributed by atoms with Gasteiger partial charge in [-0.15, -0.1) is 0 Å². The Bertz CT molecular complexity index is 390. The quantitative estimate of drug-likeness (QED) is 0.849. The maximum atomic E-state index is 13.3. The van der Waals surface area contributed by atoms with E-state index in [0.717, 1.165) is 30.9 Å². The van der Waals surface area contributed by atoms with Crippen molar-refractivity contribution < 1.29 is 4.39 Å². The first-order valence-corrected chi connectivity index (χ1v) is 6.33. The molecule has 1 saturated heterocycles. The molecule has 1 N–H and O–H groups in total. The highest BCUT2D eigenvalue weighted by Crippen LogP contribution is 2.24. The van der Waals surface area contributed by atoms with E-state index < -0.39 is 0 Å². The molecule has 0 spiro atoms. The van der Waals surface area contributed by atoms with E-state index in [4.69, 9.17) is 0 Å². The summed E-state index contributed by atoms with van der Waals surface area (Å²) in [6.45, 7) is 9.30. The van der Waals surface area contributed by atoms with E-state index in [2.05, 4.69) is 24.1 Å². The lowest BCUT2D eigenvalue weighted by molar-refractivity contribution is 0.390. The number of nitrogens with one attached hydrogen (secondary N) is 1. The Labute approximate surface area is 103 Å². The number of hydrogen-bond donors (Lipinski definition) is 1. The molecule has 2 rings (SSSR count). The van der Waals surface area contributed by atoms with Crippen LogP contribution in [0.5, 0.6) is 0 Å². The molecule has 0 radical (unpaired) electrons. The van der Waals surface area contributed by atoms with Crippen LogP contribution in [-0.2, 0) is 0 Å². The lowest BCUT2D eigenvalue weighted by atomic mass is 9.99. The first kappa shape index (κ1) is 12.4. The molecule has 0 aliphatic carbocycles. The Hall–Kier alpha value is -1.09. The molecule has 3 heteroatoms. The Kier molecular flexibility index (Phi) is 3.67. The second-order valence-corrected chi connectivity index (χ2v) is 5.14. The minimum atomic E-state index is -0.120. The number of rotatable bonds is 2. The molecule has 17 heavy (non-hydrogen) atoms. The summed E-state index contributed by atoms with van der Waals surface area (Å²) in [5.41, 5.74) is 1.87. The van der Waals surface area contributed by atoms with E-state index in [1.807, 2.05) is 19.1 Å². The van der Waals surface area contributed by atoms with Crippen molar-refractivity contribution in [2.75, 3.05) is 24.5 Å². The Morgan fingerprint density at radius 1 is 1.41 bits per heavy atom. The maximum Gasteiger partial charge on any atom is 0.126 e. The SMILES string of the molecule is Cc1cc(N2CCNCC2C(C)C)ccc1F. The van der Waals surface area contributed by atoms with Crippen molar-refractivity contribution in [2.45, 2.75) is 26.8 Å². The fraction of sp³-hybridized carbons (Fsp3) is 0.571. The van der Waals surface area contributed by atoms with Crippen molar-refractivity contribution in [3.05, 3.63) is 29.6 Å². The predicted molar refractivity (Wildman–Crippen MR) is 70.0 cm³/mol. The molecule has 1 heterocycles. The van der Waals surface area contributed by atoms with Gasteiger partial charge in [-0.3, -0.25) is 0 Å². The molecular formula is C14H21FN2. The highest BCUT2D eigenvalue weighted by Gasteiger charge is 2.25. The lowest BCUT2D eigenvalue weighted by Crippen LogP contribution is -2.53. The van der Waals surface area contributed by atoms with Crippen LogP contribution < -0.4 is 10.2 Å². The number of benzene rings is 1. The van der Waals surface area contributed by atoms with Gasteiger partial charge in [-0.1, -0.05) is 13.8 Å². The Morgan fingerprint density at radius 3 is 2.82 bits per heavy atom. The van der Waals surface area contributed by atoms with Crippen molar-refractivity contribution in [3.63, 3.8) is 0 Å². The fourth-order valence-corrected chi connectivity index (χ4v) is 2.45. The van der Waals surface area contributed by atoms with Crippen molar-refractivity contribution in [1.82, 2.24) is 5.32 Å². The first-order chi connectivity index (χ1) is 8.09. The minimum absolute atomic E-state index is 0.120. The summed E-state index contributed by atoms with van der Waals surface area (Å²) in [5, 5.41) is 3.43. The summed E-state index contributed by atoms with van der Waals surface area (Å²) in [4.78, 5) is 2.40. The molecule has 0 amide bonds. The van der Waals surface area contributed by atoms with Gasteiger partial charge in [-0.25, -0.2) is 4.39 Å². The second kappa shape index (κ2) is 5.05. The maximum absolute atomic E-state index is 13.3. The van der Waals surface area contributed by atoms with Crippen LogP contribution in [0, 0.1) is 18.7 Å². The Balaban J connectivity index is 2.26. The number of halogens is 1. The number of hydrogen-bond acceptors (Lipinski definition) is 2. The molecule has 0 aromatic heterocycles. The molecule has 1 atom stereocenters. The third-order valence-electron chi connectivity index (χ3n) is 3.53. The summed E-state index contributed by atoms with van der Waals surface area (Å²) >= 11 is 0. The topological polar surface area (TPSA) is 15.3 Å². The van der Waals surface area contributed by atoms with Crippen LogP contribution in [0.25, 0.3) is 0 Å². The van der Waals surface area contributed by atoms with E-state index in [0.29, 0.717) is 12.0 Å². The van der Waals surface area contributed by atoms with Gasteiger partial charge in [-0.2, -0.15) is 0 Å². The van der Waals surface area contributed by atoms with E-state index >= 15 is 0 Å². The summed E-state index contributed by atoms with van der Waals surface area (Å²) in [7, 11) is 0. The summed E-state index contributed by atoms with van der Waals surface area (Å²) in [6, 6.07) is 5.91. The zero-order valence-electron chi connectivity index (χ0n) is 10.8.